The van der Waals surface area contributed by atoms with E-state index in [1.54, 1.807) is 27.7 Å². The number of aliphatic hydroxyl groups is 1. The summed E-state index contributed by atoms with van der Waals surface area (Å²) in [4.78, 5) is 14.7. The van der Waals surface area contributed by atoms with Gasteiger partial charge in [0.25, 0.3) is 0 Å². The topological polar surface area (TPSA) is 97.5 Å². The van der Waals surface area contributed by atoms with E-state index in [2.05, 4.69) is 20.0 Å². The lowest BCUT2D eigenvalue weighted by molar-refractivity contribution is -0.159. The van der Waals surface area contributed by atoms with Crippen LogP contribution in [0, 0.1) is 0 Å². The molecule has 1 amide bonds. The molecule has 126 valence electrons. The molecule has 0 aliphatic rings. The molecule has 2 N–H and O–H groups in total. The minimum absolute atomic E-state index is 0.219. The number of hydrogen-bond donors (Lipinski definition) is 2. The zero-order chi connectivity index (χ0) is 17.1. The van der Waals surface area contributed by atoms with Crippen molar-refractivity contribution in [3.05, 3.63) is 11.7 Å². The first-order valence-electron chi connectivity index (χ1n) is 6.52. The fraction of sp³-hybridized carbons (Fsp3) is 0.750. The SMILES string of the molecule is CCC(NC(=O)OC(C)(C)C)C(O)c1noc(C(F)(F)F)n1. The monoisotopic (exact) mass is 325 g/mol. The predicted octanol–water partition coefficient (Wildman–Crippen LogP) is 2.43. The molecule has 0 aromatic carbocycles. The number of amides is 1. The van der Waals surface area contributed by atoms with E-state index >= 15 is 0 Å². The Bertz CT molecular complexity index is 510. The van der Waals surface area contributed by atoms with Crippen LogP contribution in [0.2, 0.25) is 0 Å². The third-order valence-corrected chi connectivity index (χ3v) is 2.47. The highest BCUT2D eigenvalue weighted by molar-refractivity contribution is 5.68. The number of alkyl halides is 3. The highest BCUT2D eigenvalue weighted by Crippen LogP contribution is 2.29. The van der Waals surface area contributed by atoms with Gasteiger partial charge in [-0.2, -0.15) is 18.2 Å². The van der Waals surface area contributed by atoms with Crippen molar-refractivity contribution in [2.75, 3.05) is 0 Å². The minimum atomic E-state index is -4.80. The molecular formula is C12H18F3N3O4. The summed E-state index contributed by atoms with van der Waals surface area (Å²) in [5, 5.41) is 15.4. The van der Waals surface area contributed by atoms with Crippen molar-refractivity contribution in [3.63, 3.8) is 0 Å². The Morgan fingerprint density at radius 3 is 2.41 bits per heavy atom. The highest BCUT2D eigenvalue weighted by atomic mass is 19.4. The molecule has 0 radical (unpaired) electrons. The van der Waals surface area contributed by atoms with Crippen molar-refractivity contribution in [3.8, 4) is 0 Å². The van der Waals surface area contributed by atoms with Crippen molar-refractivity contribution in [2.45, 2.75) is 58.0 Å². The highest BCUT2D eigenvalue weighted by Gasteiger charge is 2.40. The van der Waals surface area contributed by atoms with Crippen LogP contribution in [-0.2, 0) is 10.9 Å². The predicted molar refractivity (Wildman–Crippen MR) is 67.7 cm³/mol. The number of rotatable bonds is 4. The normalized spacial score (nSPS) is 15.3. The fourth-order valence-corrected chi connectivity index (χ4v) is 1.51. The summed E-state index contributed by atoms with van der Waals surface area (Å²) in [6.45, 7) is 6.58. The number of aliphatic hydroxyl groups excluding tert-OH is 1. The molecule has 0 fully saturated rings. The number of ether oxygens (including phenoxy) is 1. The second kappa shape index (κ2) is 6.51. The van der Waals surface area contributed by atoms with Crippen molar-refractivity contribution < 1.29 is 32.3 Å². The van der Waals surface area contributed by atoms with Crippen LogP contribution in [-0.4, -0.2) is 33.0 Å². The number of carbonyl (C=O) groups excluding carboxylic acids is 1. The van der Waals surface area contributed by atoms with Crippen LogP contribution >= 0.6 is 0 Å². The number of hydrogen-bond acceptors (Lipinski definition) is 6. The largest absolute Gasteiger partial charge is 0.471 e. The van der Waals surface area contributed by atoms with E-state index in [0.717, 1.165) is 0 Å². The van der Waals surface area contributed by atoms with Crippen LogP contribution in [0.25, 0.3) is 0 Å². The first kappa shape index (κ1) is 18.2. The number of alkyl carbamates (subject to hydrolysis) is 1. The van der Waals surface area contributed by atoms with Gasteiger partial charge in [-0.15, -0.1) is 0 Å². The maximum atomic E-state index is 12.4. The third kappa shape index (κ3) is 5.17. The maximum absolute atomic E-state index is 12.4. The molecule has 1 heterocycles. The van der Waals surface area contributed by atoms with Gasteiger partial charge < -0.3 is 19.7 Å². The summed E-state index contributed by atoms with van der Waals surface area (Å²) >= 11 is 0. The molecule has 22 heavy (non-hydrogen) atoms. The lowest BCUT2D eigenvalue weighted by Crippen LogP contribution is -2.42. The molecule has 0 aliphatic heterocycles. The average Bonchev–Trinajstić information content (AvgIpc) is 2.82. The van der Waals surface area contributed by atoms with Crippen LogP contribution in [0.1, 0.15) is 51.9 Å². The molecule has 0 aliphatic carbocycles. The first-order chi connectivity index (χ1) is 9.94. The molecule has 0 saturated heterocycles. The van der Waals surface area contributed by atoms with Crippen molar-refractivity contribution >= 4 is 6.09 Å². The molecule has 0 spiro atoms. The van der Waals surface area contributed by atoms with Crippen LogP contribution in [0.3, 0.4) is 0 Å². The second-order valence-electron chi connectivity index (χ2n) is 5.56. The summed E-state index contributed by atoms with van der Waals surface area (Å²) < 4.78 is 46.2. The van der Waals surface area contributed by atoms with Gasteiger partial charge in [-0.05, 0) is 27.2 Å². The van der Waals surface area contributed by atoms with Crippen LogP contribution in [0.4, 0.5) is 18.0 Å². The molecule has 1 rings (SSSR count). The number of carbonyl (C=O) groups is 1. The van der Waals surface area contributed by atoms with Gasteiger partial charge in [-0.1, -0.05) is 12.1 Å². The van der Waals surface area contributed by atoms with E-state index in [4.69, 9.17) is 4.74 Å². The molecule has 1 aromatic heterocycles. The molecule has 0 bridgehead atoms. The van der Waals surface area contributed by atoms with Crippen molar-refractivity contribution in [1.82, 2.24) is 15.5 Å². The summed E-state index contributed by atoms with van der Waals surface area (Å²) in [5.74, 6) is -2.12. The average molecular weight is 325 g/mol. The molecule has 2 atom stereocenters. The number of halogens is 3. The lowest BCUT2D eigenvalue weighted by Gasteiger charge is -2.24. The molecule has 2 unspecified atom stereocenters. The van der Waals surface area contributed by atoms with E-state index < -0.39 is 41.7 Å². The summed E-state index contributed by atoms with van der Waals surface area (Å²) in [6, 6.07) is -0.923. The molecule has 0 saturated carbocycles. The van der Waals surface area contributed by atoms with Gasteiger partial charge in [0.15, 0.2) is 0 Å². The fourth-order valence-electron chi connectivity index (χ4n) is 1.51. The van der Waals surface area contributed by atoms with Gasteiger partial charge in [-0.3, -0.25) is 0 Å². The zero-order valence-corrected chi connectivity index (χ0v) is 12.6. The van der Waals surface area contributed by atoms with Gasteiger partial charge >= 0.3 is 18.2 Å². The standard InChI is InChI=1S/C12H18F3N3O4/c1-5-6(16-10(20)21-11(2,3)4)7(19)8-17-9(22-18-8)12(13,14)15/h6-7,19H,5H2,1-4H3,(H,16,20). The van der Waals surface area contributed by atoms with Gasteiger partial charge in [0.2, 0.25) is 5.82 Å². The van der Waals surface area contributed by atoms with Crippen molar-refractivity contribution in [2.24, 2.45) is 0 Å². The van der Waals surface area contributed by atoms with E-state index in [-0.39, 0.29) is 6.42 Å². The Balaban J connectivity index is 2.78. The van der Waals surface area contributed by atoms with Crippen LogP contribution in [0.5, 0.6) is 0 Å². The smallest absolute Gasteiger partial charge is 0.444 e. The summed E-state index contributed by atoms with van der Waals surface area (Å²) in [5.41, 5.74) is -0.747. The van der Waals surface area contributed by atoms with Gasteiger partial charge in [-0.25, -0.2) is 4.79 Å². The quantitative estimate of drug-likeness (QED) is 0.882. The van der Waals surface area contributed by atoms with E-state index in [9.17, 15) is 23.1 Å². The Hall–Kier alpha value is -1.84. The Morgan fingerprint density at radius 2 is 2.00 bits per heavy atom. The van der Waals surface area contributed by atoms with E-state index in [1.807, 2.05) is 0 Å². The number of nitrogens with one attached hydrogen (secondary N) is 1. The van der Waals surface area contributed by atoms with E-state index in [1.165, 1.54) is 0 Å². The first-order valence-corrected chi connectivity index (χ1v) is 6.52. The summed E-state index contributed by atoms with van der Waals surface area (Å²) in [7, 11) is 0. The Kier molecular flexibility index (Phi) is 5.39. The van der Waals surface area contributed by atoms with Gasteiger partial charge in [0.05, 0.1) is 6.04 Å². The van der Waals surface area contributed by atoms with Gasteiger partial charge in [0, 0.05) is 0 Å². The van der Waals surface area contributed by atoms with Gasteiger partial charge in [0.1, 0.15) is 11.7 Å². The number of nitrogens with zero attached hydrogens (tertiary/aromatic N) is 2. The Labute approximate surface area is 124 Å². The molecular weight excluding hydrogens is 307 g/mol. The molecule has 1 aromatic rings. The van der Waals surface area contributed by atoms with E-state index in [0.29, 0.717) is 0 Å². The zero-order valence-electron chi connectivity index (χ0n) is 12.6. The molecule has 10 heteroatoms. The summed E-state index contributed by atoms with van der Waals surface area (Å²) in [6.07, 6.45) is -6.95. The molecule has 7 nitrogen and oxygen atoms in total. The second-order valence-corrected chi connectivity index (χ2v) is 5.56. The maximum Gasteiger partial charge on any atom is 0.471 e. The van der Waals surface area contributed by atoms with Crippen molar-refractivity contribution in [1.29, 1.82) is 0 Å². The van der Waals surface area contributed by atoms with Crippen LogP contribution in [0.15, 0.2) is 4.52 Å². The number of aromatic nitrogens is 2. The third-order valence-electron chi connectivity index (χ3n) is 2.47. The minimum Gasteiger partial charge on any atom is -0.444 e. The Morgan fingerprint density at radius 1 is 1.41 bits per heavy atom. The lowest BCUT2D eigenvalue weighted by atomic mass is 10.1. The van der Waals surface area contributed by atoms with Crippen LogP contribution < -0.4 is 5.32 Å².